The van der Waals surface area contributed by atoms with Crippen LogP contribution < -0.4 is 9.80 Å². The number of nitrogens with zero attached hydrogens (tertiary/aromatic N) is 3. The number of benzene rings is 2. The maximum atomic E-state index is 15.0. The molecule has 1 saturated heterocycles. The van der Waals surface area contributed by atoms with E-state index in [2.05, 4.69) is 22.0 Å². The Kier molecular flexibility index (Phi) is 5.51. The van der Waals surface area contributed by atoms with Crippen molar-refractivity contribution in [3.63, 3.8) is 0 Å². The van der Waals surface area contributed by atoms with Crippen LogP contribution in [0.1, 0.15) is 11.1 Å². The second kappa shape index (κ2) is 8.59. The van der Waals surface area contributed by atoms with E-state index in [-0.39, 0.29) is 11.9 Å². The lowest BCUT2D eigenvalue weighted by atomic mass is 9.99. The molecule has 0 radical (unpaired) electrons. The van der Waals surface area contributed by atoms with E-state index in [0.29, 0.717) is 30.2 Å². The zero-order valence-corrected chi connectivity index (χ0v) is 17.7. The van der Waals surface area contributed by atoms with Gasteiger partial charge in [-0.3, -0.25) is 9.88 Å². The fraction of sp³-hybridized carbons (Fsp3) is 0.250. The van der Waals surface area contributed by atoms with Crippen LogP contribution in [0.4, 0.5) is 20.6 Å². The zero-order valence-electron chi connectivity index (χ0n) is 16.9. The van der Waals surface area contributed by atoms with Crippen molar-refractivity contribution in [3.05, 3.63) is 83.9 Å². The Bertz CT molecular complexity index is 1100. The van der Waals surface area contributed by atoms with Crippen molar-refractivity contribution in [2.45, 2.75) is 24.0 Å². The van der Waals surface area contributed by atoms with Gasteiger partial charge in [0.05, 0.1) is 17.9 Å². The Morgan fingerprint density at radius 2 is 1.90 bits per heavy atom. The molecule has 2 aromatic carbocycles. The number of hydrogen-bond acceptors (Lipinski definition) is 5. The van der Waals surface area contributed by atoms with Gasteiger partial charge < -0.3 is 9.64 Å². The largest absolute Gasteiger partial charge is 0.443 e. The normalized spacial score (nSPS) is 18.1. The summed E-state index contributed by atoms with van der Waals surface area (Å²) < 4.78 is 20.5. The number of pyridine rings is 1. The van der Waals surface area contributed by atoms with Gasteiger partial charge in [-0.25, -0.2) is 9.18 Å². The molecule has 2 aliphatic heterocycles. The lowest BCUT2D eigenvalue weighted by molar-refractivity contribution is 0.151. The number of rotatable bonds is 5. The van der Waals surface area contributed by atoms with Gasteiger partial charge in [-0.1, -0.05) is 24.3 Å². The highest BCUT2D eigenvalue weighted by Gasteiger charge is 2.33. The zero-order chi connectivity index (χ0) is 21.2. The van der Waals surface area contributed by atoms with Gasteiger partial charge in [0.1, 0.15) is 11.9 Å². The molecule has 7 heteroatoms. The van der Waals surface area contributed by atoms with Crippen LogP contribution in [0.2, 0.25) is 0 Å². The van der Waals surface area contributed by atoms with Crippen molar-refractivity contribution in [1.29, 1.82) is 0 Å². The van der Waals surface area contributed by atoms with Gasteiger partial charge in [0, 0.05) is 36.1 Å². The van der Waals surface area contributed by atoms with E-state index in [1.54, 1.807) is 36.3 Å². The van der Waals surface area contributed by atoms with Gasteiger partial charge in [0.15, 0.2) is 0 Å². The summed E-state index contributed by atoms with van der Waals surface area (Å²) >= 11 is 1.61. The number of cyclic esters (lactones) is 1. The molecular weight excluding hydrogens is 413 g/mol. The van der Waals surface area contributed by atoms with E-state index in [4.69, 9.17) is 4.74 Å². The molecule has 0 unspecified atom stereocenters. The maximum absolute atomic E-state index is 15.0. The molecule has 158 valence electrons. The highest BCUT2D eigenvalue weighted by molar-refractivity contribution is 7.99. The molecule has 1 aromatic heterocycles. The van der Waals surface area contributed by atoms with E-state index < -0.39 is 6.09 Å². The lowest BCUT2D eigenvalue weighted by Gasteiger charge is -2.31. The van der Waals surface area contributed by atoms with Crippen LogP contribution in [0.25, 0.3) is 0 Å². The van der Waals surface area contributed by atoms with Crippen molar-refractivity contribution in [1.82, 2.24) is 4.98 Å². The number of thioether (sulfide) groups is 1. The first kappa shape index (κ1) is 19.9. The van der Waals surface area contributed by atoms with Crippen LogP contribution in [-0.4, -0.2) is 36.0 Å². The third kappa shape index (κ3) is 4.23. The second-order valence-corrected chi connectivity index (χ2v) is 8.78. The van der Waals surface area contributed by atoms with Crippen LogP contribution in [-0.2, 0) is 17.7 Å². The van der Waals surface area contributed by atoms with Crippen LogP contribution in [0.15, 0.2) is 71.9 Å². The number of carbonyl (C=O) groups excluding carboxylic acids is 1. The molecule has 1 atom stereocenters. The van der Waals surface area contributed by atoms with E-state index in [1.807, 2.05) is 24.3 Å². The topological polar surface area (TPSA) is 45.7 Å². The summed E-state index contributed by atoms with van der Waals surface area (Å²) in [6.45, 7) is 1.87. The highest BCUT2D eigenvalue weighted by Crippen LogP contribution is 2.31. The first-order valence-electron chi connectivity index (χ1n) is 10.3. The van der Waals surface area contributed by atoms with Crippen molar-refractivity contribution >= 4 is 29.2 Å². The standard InChI is InChI=1S/C24H22FN3O2S/c25-22-13-19(5-6-23(22)27-12-9-17-3-1-2-4-18(17)14-27)28-15-20(30-24(28)29)16-31-21-7-10-26-11-8-21/h1-8,10-11,13,20H,9,12,14-16H2/t20-/m1/s1. The molecule has 0 aliphatic carbocycles. The number of halogens is 1. The van der Waals surface area contributed by atoms with E-state index >= 15 is 4.39 Å². The molecule has 5 nitrogen and oxygen atoms in total. The molecule has 2 aliphatic rings. The molecule has 1 amide bonds. The monoisotopic (exact) mass is 435 g/mol. The second-order valence-electron chi connectivity index (χ2n) is 7.69. The Morgan fingerprint density at radius 3 is 2.71 bits per heavy atom. The predicted molar refractivity (Wildman–Crippen MR) is 120 cm³/mol. The molecule has 31 heavy (non-hydrogen) atoms. The Hall–Kier alpha value is -3.06. The number of carbonyl (C=O) groups is 1. The average Bonchev–Trinajstić information content (AvgIpc) is 3.18. The lowest BCUT2D eigenvalue weighted by Crippen LogP contribution is -2.31. The quantitative estimate of drug-likeness (QED) is 0.534. The Balaban J connectivity index is 1.26. The molecule has 3 heterocycles. The summed E-state index contributed by atoms with van der Waals surface area (Å²) in [6, 6.07) is 17.1. The van der Waals surface area contributed by atoms with E-state index in [0.717, 1.165) is 17.9 Å². The number of aromatic nitrogens is 1. The van der Waals surface area contributed by atoms with Gasteiger partial charge in [0.2, 0.25) is 0 Å². The number of amides is 1. The minimum atomic E-state index is -0.431. The fourth-order valence-corrected chi connectivity index (χ4v) is 4.93. The SMILES string of the molecule is O=C1O[C@@H](CSc2ccncc2)CN1c1ccc(N2CCc3ccccc3C2)c(F)c1. The van der Waals surface area contributed by atoms with Crippen molar-refractivity contribution in [2.75, 3.05) is 28.6 Å². The number of hydrogen-bond donors (Lipinski definition) is 0. The van der Waals surface area contributed by atoms with Crippen LogP contribution in [0.3, 0.4) is 0 Å². The minimum absolute atomic E-state index is 0.244. The predicted octanol–water partition coefficient (Wildman–Crippen LogP) is 4.90. The van der Waals surface area contributed by atoms with Gasteiger partial charge in [0.25, 0.3) is 0 Å². The van der Waals surface area contributed by atoms with Crippen LogP contribution in [0.5, 0.6) is 0 Å². The Labute approximate surface area is 184 Å². The molecule has 5 rings (SSSR count). The number of ether oxygens (including phenoxy) is 1. The van der Waals surface area contributed by atoms with Crippen LogP contribution in [0, 0.1) is 5.82 Å². The molecule has 0 N–H and O–H groups in total. The van der Waals surface area contributed by atoms with Gasteiger partial charge in [-0.2, -0.15) is 0 Å². The Morgan fingerprint density at radius 1 is 1.10 bits per heavy atom. The number of anilines is 2. The minimum Gasteiger partial charge on any atom is -0.443 e. The van der Waals surface area contributed by atoms with Crippen LogP contribution >= 0.6 is 11.8 Å². The van der Waals surface area contributed by atoms with Gasteiger partial charge in [-0.05, 0) is 47.9 Å². The van der Waals surface area contributed by atoms with Crippen molar-refractivity contribution in [2.24, 2.45) is 0 Å². The summed E-state index contributed by atoms with van der Waals surface area (Å²) in [5, 5.41) is 0. The third-order valence-electron chi connectivity index (χ3n) is 5.67. The van der Waals surface area contributed by atoms with E-state index in [9.17, 15) is 4.79 Å². The molecule has 3 aromatic rings. The van der Waals surface area contributed by atoms with Crippen molar-refractivity contribution in [3.8, 4) is 0 Å². The molecule has 0 spiro atoms. The summed E-state index contributed by atoms with van der Waals surface area (Å²) in [7, 11) is 0. The molecule has 0 saturated carbocycles. The first-order chi connectivity index (χ1) is 15.2. The third-order valence-corrected chi connectivity index (χ3v) is 6.82. The van der Waals surface area contributed by atoms with Gasteiger partial charge >= 0.3 is 6.09 Å². The summed E-state index contributed by atoms with van der Waals surface area (Å²) in [5.41, 5.74) is 3.65. The fourth-order valence-electron chi connectivity index (χ4n) is 4.06. The summed E-state index contributed by atoms with van der Waals surface area (Å²) in [5.74, 6) is 0.319. The average molecular weight is 436 g/mol. The summed E-state index contributed by atoms with van der Waals surface area (Å²) in [6.07, 6.45) is 3.69. The number of fused-ring (bicyclic) bond motifs is 1. The molecule has 1 fully saturated rings. The van der Waals surface area contributed by atoms with Gasteiger partial charge in [-0.15, -0.1) is 11.8 Å². The first-order valence-corrected chi connectivity index (χ1v) is 11.3. The smallest absolute Gasteiger partial charge is 0.414 e. The summed E-state index contributed by atoms with van der Waals surface area (Å²) in [4.78, 5) is 21.0. The highest BCUT2D eigenvalue weighted by atomic mass is 32.2. The molecule has 0 bridgehead atoms. The maximum Gasteiger partial charge on any atom is 0.414 e. The van der Waals surface area contributed by atoms with E-state index in [1.165, 1.54) is 22.1 Å². The molecular formula is C24H22FN3O2S. The van der Waals surface area contributed by atoms with Crippen molar-refractivity contribution < 1.29 is 13.9 Å².